The summed E-state index contributed by atoms with van der Waals surface area (Å²) in [6.07, 6.45) is 1.65. The summed E-state index contributed by atoms with van der Waals surface area (Å²) in [6, 6.07) is 16.3. The number of nitrogens with one attached hydrogen (secondary N) is 2. The van der Waals surface area contributed by atoms with E-state index >= 15 is 0 Å². The summed E-state index contributed by atoms with van der Waals surface area (Å²) in [7, 11) is 1.86. The zero-order valence-corrected chi connectivity index (χ0v) is 13.3. The molecule has 4 rings (SSSR count). The molecular weight excluding hydrogens is 302 g/mol. The van der Waals surface area contributed by atoms with E-state index in [-0.39, 0.29) is 0 Å². The lowest BCUT2D eigenvalue weighted by atomic mass is 10.2. The van der Waals surface area contributed by atoms with Crippen LogP contribution in [0, 0.1) is 0 Å². The van der Waals surface area contributed by atoms with Gasteiger partial charge < -0.3 is 10.2 Å². The first-order chi connectivity index (χ1) is 11.8. The van der Waals surface area contributed by atoms with Gasteiger partial charge in [-0.3, -0.25) is 0 Å². The van der Waals surface area contributed by atoms with E-state index in [0.717, 1.165) is 17.1 Å². The standard InChI is InChI=1S/C17H17N7/c1-23-12-18-21-17(23)22-20-15-4-2-13(3-5-15)19-14-6-8-16(9-7-14)24-10-11-24/h2-9,12H,10-11H2,1H3,(H,19,21,22)/p+1. The van der Waals surface area contributed by atoms with Crippen molar-refractivity contribution in [3.05, 3.63) is 54.9 Å². The van der Waals surface area contributed by atoms with Crippen LogP contribution in [0.2, 0.25) is 0 Å². The Labute approximate surface area is 139 Å². The summed E-state index contributed by atoms with van der Waals surface area (Å²) in [5.41, 5.74) is 4.15. The van der Waals surface area contributed by atoms with Gasteiger partial charge in [0.2, 0.25) is 6.33 Å². The average molecular weight is 320 g/mol. The third kappa shape index (κ3) is 3.24. The number of nitrogens with zero attached hydrogens (tertiary/aromatic N) is 5. The number of H-pyrrole nitrogens is 1. The molecule has 1 aliphatic rings. The molecule has 2 aromatic carbocycles. The van der Waals surface area contributed by atoms with Gasteiger partial charge in [0, 0.05) is 35.3 Å². The molecule has 0 aliphatic carbocycles. The summed E-state index contributed by atoms with van der Waals surface area (Å²) < 4.78 is 1.77. The van der Waals surface area contributed by atoms with Crippen molar-refractivity contribution >= 4 is 28.7 Å². The number of benzene rings is 2. The molecule has 1 aliphatic heterocycles. The maximum atomic E-state index is 4.20. The molecule has 3 aromatic rings. The minimum atomic E-state index is 0.601. The Morgan fingerprint density at radius 1 is 1.00 bits per heavy atom. The van der Waals surface area contributed by atoms with Gasteiger partial charge in [-0.05, 0) is 53.6 Å². The molecule has 2 N–H and O–H groups in total. The normalized spacial score (nSPS) is 13.5. The fourth-order valence-electron chi connectivity index (χ4n) is 2.35. The van der Waals surface area contributed by atoms with E-state index in [1.165, 1.54) is 18.8 Å². The summed E-state index contributed by atoms with van der Waals surface area (Å²) in [4.78, 5) is 2.32. The molecule has 0 unspecified atom stereocenters. The van der Waals surface area contributed by atoms with Crippen LogP contribution in [0.4, 0.5) is 28.7 Å². The smallest absolute Gasteiger partial charge is 0.368 e. The number of anilines is 3. The summed E-state index contributed by atoms with van der Waals surface area (Å²) >= 11 is 0. The molecular formula is C17H18N7+. The third-order valence-electron chi connectivity index (χ3n) is 3.83. The molecule has 1 fully saturated rings. The number of hydrogen-bond donors (Lipinski definition) is 2. The van der Waals surface area contributed by atoms with E-state index in [2.05, 4.69) is 54.9 Å². The van der Waals surface area contributed by atoms with Crippen LogP contribution in [0.25, 0.3) is 0 Å². The van der Waals surface area contributed by atoms with Crippen molar-refractivity contribution in [2.24, 2.45) is 17.3 Å². The lowest BCUT2D eigenvalue weighted by molar-refractivity contribution is -0.658. The highest BCUT2D eigenvalue weighted by molar-refractivity contribution is 5.65. The van der Waals surface area contributed by atoms with Crippen LogP contribution in [0.1, 0.15) is 0 Å². The van der Waals surface area contributed by atoms with Crippen molar-refractivity contribution in [1.82, 2.24) is 10.2 Å². The van der Waals surface area contributed by atoms with Gasteiger partial charge in [0.05, 0.1) is 12.7 Å². The first-order valence-electron chi connectivity index (χ1n) is 7.81. The molecule has 0 radical (unpaired) electrons. The highest BCUT2D eigenvalue weighted by Crippen LogP contribution is 2.25. The van der Waals surface area contributed by atoms with Crippen molar-refractivity contribution < 1.29 is 4.57 Å². The van der Waals surface area contributed by atoms with Crippen LogP contribution in [-0.4, -0.2) is 23.3 Å². The molecule has 0 spiro atoms. The van der Waals surface area contributed by atoms with Crippen molar-refractivity contribution in [1.29, 1.82) is 0 Å². The van der Waals surface area contributed by atoms with Crippen molar-refractivity contribution in [2.45, 2.75) is 0 Å². The molecule has 0 atom stereocenters. The Morgan fingerprint density at radius 3 is 2.25 bits per heavy atom. The van der Waals surface area contributed by atoms with Crippen LogP contribution in [0.3, 0.4) is 0 Å². The number of azo groups is 1. The molecule has 0 amide bonds. The van der Waals surface area contributed by atoms with Crippen molar-refractivity contribution in [3.8, 4) is 0 Å². The van der Waals surface area contributed by atoms with Crippen LogP contribution in [0.15, 0.2) is 65.1 Å². The van der Waals surface area contributed by atoms with Gasteiger partial charge in [0.25, 0.3) is 0 Å². The number of aromatic nitrogens is 3. The average Bonchev–Trinajstić information content (AvgIpc) is 3.38. The zero-order chi connectivity index (χ0) is 16.4. The number of rotatable bonds is 5. The zero-order valence-electron chi connectivity index (χ0n) is 13.3. The van der Waals surface area contributed by atoms with Crippen LogP contribution in [-0.2, 0) is 7.05 Å². The molecule has 0 bridgehead atoms. The fourth-order valence-corrected chi connectivity index (χ4v) is 2.35. The summed E-state index contributed by atoms with van der Waals surface area (Å²) in [6.45, 7) is 2.33. The third-order valence-corrected chi connectivity index (χ3v) is 3.83. The molecule has 1 saturated heterocycles. The number of aryl methyl sites for hydroxylation is 1. The van der Waals surface area contributed by atoms with Crippen LogP contribution >= 0.6 is 0 Å². The number of hydrogen-bond acceptors (Lipinski definition) is 5. The molecule has 7 heteroatoms. The van der Waals surface area contributed by atoms with Crippen LogP contribution in [0.5, 0.6) is 0 Å². The molecule has 7 nitrogen and oxygen atoms in total. The van der Waals surface area contributed by atoms with E-state index in [1.54, 1.807) is 10.9 Å². The Morgan fingerprint density at radius 2 is 1.67 bits per heavy atom. The SMILES string of the molecule is C[n+]1cn[nH]c1N=Nc1ccc(Nc2ccc(N3CC3)cc2)cc1. The largest absolute Gasteiger partial charge is 0.401 e. The van der Waals surface area contributed by atoms with Gasteiger partial charge in [-0.2, -0.15) is 0 Å². The summed E-state index contributed by atoms with van der Waals surface area (Å²) in [5.74, 6) is 0.601. The van der Waals surface area contributed by atoms with Crippen molar-refractivity contribution in [2.75, 3.05) is 23.3 Å². The summed E-state index contributed by atoms with van der Waals surface area (Å²) in [5, 5.41) is 18.4. The second-order valence-corrected chi connectivity index (χ2v) is 5.70. The first-order valence-corrected chi connectivity index (χ1v) is 7.81. The van der Waals surface area contributed by atoms with Gasteiger partial charge in [-0.15, -0.1) is 5.10 Å². The van der Waals surface area contributed by atoms with E-state index < -0.39 is 0 Å². The van der Waals surface area contributed by atoms with Gasteiger partial charge in [-0.1, -0.05) is 5.11 Å². The second kappa shape index (κ2) is 6.11. The minimum Gasteiger partial charge on any atom is -0.368 e. The minimum absolute atomic E-state index is 0.601. The first kappa shape index (κ1) is 14.4. The van der Waals surface area contributed by atoms with Gasteiger partial charge in [0.15, 0.2) is 0 Å². The molecule has 1 aromatic heterocycles. The lowest BCUT2D eigenvalue weighted by Crippen LogP contribution is -2.24. The van der Waals surface area contributed by atoms with E-state index in [9.17, 15) is 0 Å². The maximum absolute atomic E-state index is 4.20. The molecule has 120 valence electrons. The van der Waals surface area contributed by atoms with Crippen LogP contribution < -0.4 is 14.8 Å². The molecule has 0 saturated carbocycles. The Hall–Kier alpha value is -3.22. The quantitative estimate of drug-likeness (QED) is 0.431. The molecule has 2 heterocycles. The predicted octanol–water partition coefficient (Wildman–Crippen LogP) is 3.21. The highest BCUT2D eigenvalue weighted by Gasteiger charge is 2.17. The maximum Gasteiger partial charge on any atom is 0.401 e. The Bertz CT molecular complexity index is 845. The monoisotopic (exact) mass is 320 g/mol. The highest BCUT2D eigenvalue weighted by atomic mass is 15.3. The lowest BCUT2D eigenvalue weighted by Gasteiger charge is -2.08. The van der Waals surface area contributed by atoms with Crippen molar-refractivity contribution in [3.63, 3.8) is 0 Å². The van der Waals surface area contributed by atoms with Gasteiger partial charge in [-0.25, -0.2) is 4.57 Å². The fraction of sp³-hybridized carbons (Fsp3) is 0.176. The van der Waals surface area contributed by atoms with Gasteiger partial charge >= 0.3 is 5.95 Å². The Kier molecular flexibility index (Phi) is 3.66. The van der Waals surface area contributed by atoms with E-state index in [4.69, 9.17) is 0 Å². The Balaban J connectivity index is 1.41. The number of aromatic amines is 1. The van der Waals surface area contributed by atoms with E-state index in [1.807, 2.05) is 31.3 Å². The van der Waals surface area contributed by atoms with Gasteiger partial charge in [0.1, 0.15) is 0 Å². The topological polar surface area (TPSA) is 72.3 Å². The second-order valence-electron chi connectivity index (χ2n) is 5.70. The van der Waals surface area contributed by atoms with E-state index in [0.29, 0.717) is 5.95 Å². The predicted molar refractivity (Wildman–Crippen MR) is 92.3 cm³/mol. The molecule has 24 heavy (non-hydrogen) atoms.